The molecule has 0 aliphatic heterocycles. The monoisotopic (exact) mass is 305 g/mol. The summed E-state index contributed by atoms with van der Waals surface area (Å²) < 4.78 is 10.6. The quantitative estimate of drug-likeness (QED) is 0.378. The summed E-state index contributed by atoms with van der Waals surface area (Å²) in [6, 6.07) is 7.20. The minimum atomic E-state index is -0.221. The molecule has 120 valence electrons. The minimum Gasteiger partial charge on any atom is -0.497 e. The maximum atomic E-state index is 11.9. The topological polar surface area (TPSA) is 68.1 Å². The molecular weight excluding hydrogens is 282 g/mol. The van der Waals surface area contributed by atoms with Gasteiger partial charge in [-0.3, -0.25) is 4.79 Å². The van der Waals surface area contributed by atoms with Crippen molar-refractivity contribution in [2.75, 3.05) is 7.11 Å². The number of oxime groups is 1. The Morgan fingerprint density at radius 3 is 2.45 bits per heavy atom. The van der Waals surface area contributed by atoms with Crippen molar-refractivity contribution in [1.82, 2.24) is 0 Å². The molecule has 1 aliphatic carbocycles. The van der Waals surface area contributed by atoms with E-state index in [-0.39, 0.29) is 18.5 Å². The molecule has 1 aromatic rings. The number of carbonyl (C=O) groups excluding carboxylic acids is 1. The predicted octanol–water partition coefficient (Wildman–Crippen LogP) is 3.53. The van der Waals surface area contributed by atoms with Gasteiger partial charge in [0.2, 0.25) is 0 Å². The lowest BCUT2D eigenvalue weighted by Crippen LogP contribution is -2.21. The molecular formula is C17H23NO4. The molecule has 5 nitrogen and oxygen atoms in total. The summed E-state index contributed by atoms with van der Waals surface area (Å²) in [6.45, 7) is 0. The highest BCUT2D eigenvalue weighted by Crippen LogP contribution is 2.21. The zero-order valence-electron chi connectivity index (χ0n) is 13.0. The Labute approximate surface area is 130 Å². The molecule has 1 aromatic carbocycles. The molecule has 1 aliphatic rings. The van der Waals surface area contributed by atoms with Gasteiger partial charge in [0.25, 0.3) is 0 Å². The van der Waals surface area contributed by atoms with E-state index in [1.54, 1.807) is 31.4 Å². The molecule has 0 radical (unpaired) electrons. The second-order valence-corrected chi connectivity index (χ2v) is 5.53. The maximum absolute atomic E-state index is 11.9. The third-order valence-electron chi connectivity index (χ3n) is 3.96. The second kappa shape index (κ2) is 8.41. The molecule has 1 N–H and O–H groups in total. The Bertz CT molecular complexity index is 504. The first-order chi connectivity index (χ1) is 10.7. The van der Waals surface area contributed by atoms with E-state index in [0.29, 0.717) is 12.1 Å². The van der Waals surface area contributed by atoms with Gasteiger partial charge in [0.1, 0.15) is 11.9 Å². The molecule has 0 unspecified atom stereocenters. The number of hydrogen-bond donors (Lipinski definition) is 1. The lowest BCUT2D eigenvalue weighted by atomic mass is 9.98. The fraction of sp³-hybridized carbons (Fsp3) is 0.529. The SMILES string of the molecule is COc1ccc(/C(CCC(=O)OC2CCCCC2)=N/O)cc1. The summed E-state index contributed by atoms with van der Waals surface area (Å²) in [6.07, 6.45) is 6.07. The highest BCUT2D eigenvalue weighted by atomic mass is 16.5. The summed E-state index contributed by atoms with van der Waals surface area (Å²) in [5.74, 6) is 0.513. The van der Waals surface area contributed by atoms with Gasteiger partial charge in [0.15, 0.2) is 0 Å². The first-order valence-electron chi connectivity index (χ1n) is 7.77. The third kappa shape index (κ3) is 4.76. The average Bonchev–Trinajstić information content (AvgIpc) is 2.57. The van der Waals surface area contributed by atoms with Crippen molar-refractivity contribution in [3.63, 3.8) is 0 Å². The fourth-order valence-corrected chi connectivity index (χ4v) is 2.68. The number of nitrogens with zero attached hydrogens (tertiary/aromatic N) is 1. The number of methoxy groups -OCH3 is 1. The Kier molecular flexibility index (Phi) is 6.25. The van der Waals surface area contributed by atoms with Crippen LogP contribution in [0.1, 0.15) is 50.5 Å². The summed E-state index contributed by atoms with van der Waals surface area (Å²) in [5.41, 5.74) is 1.25. The van der Waals surface area contributed by atoms with Crippen molar-refractivity contribution in [3.05, 3.63) is 29.8 Å². The van der Waals surface area contributed by atoms with Crippen LogP contribution in [-0.4, -0.2) is 30.1 Å². The molecule has 22 heavy (non-hydrogen) atoms. The summed E-state index contributed by atoms with van der Waals surface area (Å²) in [7, 11) is 1.59. The van der Waals surface area contributed by atoms with Crippen LogP contribution >= 0.6 is 0 Å². The molecule has 1 saturated carbocycles. The molecule has 0 amide bonds. The standard InChI is InChI=1S/C17H23NO4/c1-21-14-9-7-13(8-10-14)16(18-20)11-12-17(19)22-15-5-3-2-4-6-15/h7-10,15,20H,2-6,11-12H2,1H3/b18-16+. The van der Waals surface area contributed by atoms with Crippen LogP contribution in [0.15, 0.2) is 29.4 Å². The van der Waals surface area contributed by atoms with Gasteiger partial charge in [-0.05, 0) is 55.5 Å². The van der Waals surface area contributed by atoms with E-state index < -0.39 is 0 Å². The van der Waals surface area contributed by atoms with E-state index in [1.807, 2.05) is 0 Å². The number of benzene rings is 1. The van der Waals surface area contributed by atoms with Crippen LogP contribution in [0.3, 0.4) is 0 Å². The van der Waals surface area contributed by atoms with E-state index in [1.165, 1.54) is 6.42 Å². The zero-order valence-corrected chi connectivity index (χ0v) is 13.0. The van der Waals surface area contributed by atoms with Crippen LogP contribution in [0.5, 0.6) is 5.75 Å². The number of carbonyl (C=O) groups is 1. The van der Waals surface area contributed by atoms with Gasteiger partial charge < -0.3 is 14.7 Å². The van der Waals surface area contributed by atoms with Crippen molar-refractivity contribution in [3.8, 4) is 5.75 Å². The number of esters is 1. The van der Waals surface area contributed by atoms with Gasteiger partial charge >= 0.3 is 5.97 Å². The first-order valence-corrected chi connectivity index (χ1v) is 7.77. The van der Waals surface area contributed by atoms with E-state index in [4.69, 9.17) is 14.7 Å². The van der Waals surface area contributed by atoms with Gasteiger partial charge in [-0.1, -0.05) is 11.6 Å². The van der Waals surface area contributed by atoms with Crippen molar-refractivity contribution >= 4 is 11.7 Å². The van der Waals surface area contributed by atoms with Crippen LogP contribution in [0, 0.1) is 0 Å². The van der Waals surface area contributed by atoms with Crippen LogP contribution in [0.25, 0.3) is 0 Å². The molecule has 0 spiro atoms. The smallest absolute Gasteiger partial charge is 0.306 e. The molecule has 0 aromatic heterocycles. The van der Waals surface area contributed by atoms with E-state index in [2.05, 4.69) is 5.16 Å². The number of ether oxygens (including phenoxy) is 2. The van der Waals surface area contributed by atoms with Gasteiger partial charge in [0, 0.05) is 6.42 Å². The molecule has 0 saturated heterocycles. The molecule has 5 heteroatoms. The largest absolute Gasteiger partial charge is 0.497 e. The van der Waals surface area contributed by atoms with Crippen molar-refractivity contribution < 1.29 is 19.5 Å². The number of rotatable bonds is 6. The predicted molar refractivity (Wildman–Crippen MR) is 83.5 cm³/mol. The van der Waals surface area contributed by atoms with Crippen LogP contribution in [0.2, 0.25) is 0 Å². The van der Waals surface area contributed by atoms with E-state index in [0.717, 1.165) is 37.0 Å². The van der Waals surface area contributed by atoms with Crippen LogP contribution < -0.4 is 4.74 Å². The molecule has 0 heterocycles. The van der Waals surface area contributed by atoms with Crippen LogP contribution in [-0.2, 0) is 9.53 Å². The second-order valence-electron chi connectivity index (χ2n) is 5.53. The van der Waals surface area contributed by atoms with Gasteiger partial charge in [-0.2, -0.15) is 0 Å². The highest BCUT2D eigenvalue weighted by Gasteiger charge is 2.18. The van der Waals surface area contributed by atoms with Gasteiger partial charge in [-0.15, -0.1) is 0 Å². The van der Waals surface area contributed by atoms with Gasteiger partial charge in [-0.25, -0.2) is 0 Å². The normalized spacial score (nSPS) is 16.3. The summed E-state index contributed by atoms with van der Waals surface area (Å²) in [5, 5.41) is 12.4. The number of hydrogen-bond acceptors (Lipinski definition) is 5. The Hall–Kier alpha value is -2.04. The Balaban J connectivity index is 1.83. The molecule has 1 fully saturated rings. The maximum Gasteiger partial charge on any atom is 0.306 e. The Morgan fingerprint density at radius 2 is 1.86 bits per heavy atom. The van der Waals surface area contributed by atoms with Gasteiger partial charge in [0.05, 0.1) is 19.2 Å². The third-order valence-corrected chi connectivity index (χ3v) is 3.96. The molecule has 0 atom stereocenters. The van der Waals surface area contributed by atoms with Crippen molar-refractivity contribution in [2.24, 2.45) is 5.16 Å². The van der Waals surface area contributed by atoms with Crippen molar-refractivity contribution in [2.45, 2.75) is 51.0 Å². The highest BCUT2D eigenvalue weighted by molar-refractivity contribution is 6.01. The Morgan fingerprint density at radius 1 is 1.18 bits per heavy atom. The lowest BCUT2D eigenvalue weighted by molar-refractivity contribution is -0.150. The van der Waals surface area contributed by atoms with Crippen molar-refractivity contribution in [1.29, 1.82) is 0 Å². The summed E-state index contributed by atoms with van der Waals surface area (Å²) >= 11 is 0. The minimum absolute atomic E-state index is 0.0664. The van der Waals surface area contributed by atoms with E-state index >= 15 is 0 Å². The lowest BCUT2D eigenvalue weighted by Gasteiger charge is -2.21. The molecule has 0 bridgehead atoms. The zero-order chi connectivity index (χ0) is 15.8. The fourth-order valence-electron chi connectivity index (χ4n) is 2.68. The van der Waals surface area contributed by atoms with Crippen LogP contribution in [0.4, 0.5) is 0 Å². The first kappa shape index (κ1) is 16.3. The van der Waals surface area contributed by atoms with E-state index in [9.17, 15) is 4.79 Å². The summed E-state index contributed by atoms with van der Waals surface area (Å²) in [4.78, 5) is 11.9. The average molecular weight is 305 g/mol. The molecule has 2 rings (SSSR count).